The first kappa shape index (κ1) is 19.3. The molecule has 1 aliphatic rings. The van der Waals surface area contributed by atoms with Crippen LogP contribution >= 0.6 is 15.9 Å². The number of imidazole rings is 1. The molecule has 0 fully saturated rings. The summed E-state index contributed by atoms with van der Waals surface area (Å²) in [7, 11) is 0. The average Bonchev–Trinajstić information content (AvgIpc) is 3.23. The lowest BCUT2D eigenvalue weighted by Crippen LogP contribution is -2.35. The van der Waals surface area contributed by atoms with Crippen LogP contribution in [0.15, 0.2) is 53.3 Å². The monoisotopic (exact) mass is 454 g/mol. The molecule has 2 heterocycles. The minimum atomic E-state index is -0.355. The van der Waals surface area contributed by atoms with Gasteiger partial charge in [-0.3, -0.25) is 19.3 Å². The van der Waals surface area contributed by atoms with Crippen LogP contribution < -0.4 is 5.32 Å². The van der Waals surface area contributed by atoms with Crippen molar-refractivity contribution in [3.8, 4) is 0 Å². The van der Waals surface area contributed by atoms with Crippen molar-refractivity contribution >= 4 is 44.7 Å². The number of hydrogen-bond donors (Lipinski definition) is 1. The van der Waals surface area contributed by atoms with E-state index in [1.807, 2.05) is 24.3 Å². The summed E-state index contributed by atoms with van der Waals surface area (Å²) in [5, 5.41) is 2.85. The first-order chi connectivity index (χ1) is 14.0. The Bertz CT molecular complexity index is 1110. The van der Waals surface area contributed by atoms with E-state index in [0.717, 1.165) is 33.4 Å². The predicted molar refractivity (Wildman–Crippen MR) is 111 cm³/mol. The normalized spacial score (nSPS) is 13.2. The number of imide groups is 1. The molecule has 148 valence electrons. The summed E-state index contributed by atoms with van der Waals surface area (Å²) < 4.78 is 2.79. The number of nitrogens with one attached hydrogen (secondary N) is 1. The number of para-hydroxylation sites is 2. The third kappa shape index (κ3) is 3.93. The van der Waals surface area contributed by atoms with E-state index in [0.29, 0.717) is 17.7 Å². The first-order valence-electron chi connectivity index (χ1n) is 9.37. The second-order valence-corrected chi connectivity index (χ2v) is 7.75. The molecule has 3 amide bonds. The summed E-state index contributed by atoms with van der Waals surface area (Å²) in [6.07, 6.45) is 2.64. The Morgan fingerprint density at radius 1 is 1.03 bits per heavy atom. The van der Waals surface area contributed by atoms with Gasteiger partial charge in [-0.1, -0.05) is 28.1 Å². The lowest BCUT2D eigenvalue weighted by atomic mass is 10.1. The third-order valence-corrected chi connectivity index (χ3v) is 5.41. The molecule has 4 rings (SSSR count). The minimum absolute atomic E-state index is 0.0714. The van der Waals surface area contributed by atoms with Crippen molar-refractivity contribution in [1.29, 1.82) is 0 Å². The smallest absolute Gasteiger partial charge is 0.261 e. The lowest BCUT2D eigenvalue weighted by Gasteiger charge is -2.13. The fourth-order valence-electron chi connectivity index (χ4n) is 3.43. The predicted octanol–water partition coefficient (Wildman–Crippen LogP) is 2.99. The van der Waals surface area contributed by atoms with Crippen LogP contribution in [0.2, 0.25) is 0 Å². The lowest BCUT2D eigenvalue weighted by molar-refractivity contribution is -0.121. The standard InChI is InChI=1S/C21H19BrN4O3/c22-14-6-7-15-16(12-14)21(29)26(20(15)28)11-8-19(27)23-9-3-10-25-13-24-17-4-1-2-5-18(17)25/h1-2,4-7,12-13H,3,8-11H2,(H,23,27). The third-order valence-electron chi connectivity index (χ3n) is 4.92. The maximum atomic E-state index is 12.4. The first-order valence-corrected chi connectivity index (χ1v) is 10.2. The maximum absolute atomic E-state index is 12.4. The highest BCUT2D eigenvalue weighted by Crippen LogP contribution is 2.26. The number of amides is 3. The summed E-state index contributed by atoms with van der Waals surface area (Å²) in [6, 6.07) is 12.9. The largest absolute Gasteiger partial charge is 0.356 e. The highest BCUT2D eigenvalue weighted by molar-refractivity contribution is 9.10. The van der Waals surface area contributed by atoms with Crippen LogP contribution in [0.4, 0.5) is 0 Å². The summed E-state index contributed by atoms with van der Waals surface area (Å²) >= 11 is 3.31. The van der Waals surface area contributed by atoms with E-state index in [9.17, 15) is 14.4 Å². The molecule has 0 unspecified atom stereocenters. The van der Waals surface area contributed by atoms with Crippen LogP contribution in [0, 0.1) is 0 Å². The fraction of sp³-hybridized carbons (Fsp3) is 0.238. The molecule has 0 atom stereocenters. The zero-order valence-electron chi connectivity index (χ0n) is 15.6. The van der Waals surface area contributed by atoms with Crippen molar-refractivity contribution in [2.75, 3.05) is 13.1 Å². The maximum Gasteiger partial charge on any atom is 0.261 e. The zero-order chi connectivity index (χ0) is 20.4. The van der Waals surface area contributed by atoms with Crippen LogP contribution in [0.5, 0.6) is 0 Å². The second kappa shape index (κ2) is 8.16. The molecule has 1 N–H and O–H groups in total. The van der Waals surface area contributed by atoms with E-state index in [-0.39, 0.29) is 30.7 Å². The van der Waals surface area contributed by atoms with E-state index >= 15 is 0 Å². The Balaban J connectivity index is 1.24. The number of nitrogens with zero attached hydrogens (tertiary/aromatic N) is 3. The van der Waals surface area contributed by atoms with Crippen LogP contribution in [0.3, 0.4) is 0 Å². The van der Waals surface area contributed by atoms with Gasteiger partial charge in [0, 0.05) is 30.5 Å². The van der Waals surface area contributed by atoms with Crippen molar-refractivity contribution in [3.05, 3.63) is 64.4 Å². The van der Waals surface area contributed by atoms with E-state index in [1.165, 1.54) is 0 Å². The topological polar surface area (TPSA) is 84.3 Å². The van der Waals surface area contributed by atoms with Crippen molar-refractivity contribution in [3.63, 3.8) is 0 Å². The molecule has 0 spiro atoms. The molecular formula is C21H19BrN4O3. The van der Waals surface area contributed by atoms with Gasteiger partial charge in [-0.2, -0.15) is 0 Å². The highest BCUT2D eigenvalue weighted by Gasteiger charge is 2.35. The van der Waals surface area contributed by atoms with Crippen LogP contribution in [-0.4, -0.2) is 45.3 Å². The SMILES string of the molecule is O=C(CCN1C(=O)c2ccc(Br)cc2C1=O)NCCCn1cnc2ccccc21. The molecule has 29 heavy (non-hydrogen) atoms. The molecule has 1 aliphatic heterocycles. The van der Waals surface area contributed by atoms with Gasteiger partial charge in [0.25, 0.3) is 11.8 Å². The number of rotatable bonds is 7. The molecule has 0 saturated heterocycles. The molecule has 0 bridgehead atoms. The number of aromatic nitrogens is 2. The van der Waals surface area contributed by atoms with E-state index in [2.05, 4.69) is 30.8 Å². The van der Waals surface area contributed by atoms with E-state index in [1.54, 1.807) is 24.5 Å². The van der Waals surface area contributed by atoms with E-state index in [4.69, 9.17) is 0 Å². The molecule has 0 saturated carbocycles. The van der Waals surface area contributed by atoms with Crippen molar-refractivity contribution in [2.24, 2.45) is 0 Å². The quantitative estimate of drug-likeness (QED) is 0.439. The Morgan fingerprint density at radius 2 is 1.83 bits per heavy atom. The number of benzene rings is 2. The van der Waals surface area contributed by atoms with Gasteiger partial charge in [-0.15, -0.1) is 0 Å². The van der Waals surface area contributed by atoms with Gasteiger partial charge in [0.2, 0.25) is 5.91 Å². The number of aryl methyl sites for hydroxylation is 1. The molecule has 0 radical (unpaired) electrons. The van der Waals surface area contributed by atoms with Crippen molar-refractivity contribution in [2.45, 2.75) is 19.4 Å². The Hall–Kier alpha value is -3.00. The zero-order valence-corrected chi connectivity index (χ0v) is 17.2. The number of carbonyl (C=O) groups is 3. The molecule has 0 aliphatic carbocycles. The molecule has 2 aromatic carbocycles. The number of halogens is 1. The van der Waals surface area contributed by atoms with Gasteiger partial charge in [0.05, 0.1) is 28.5 Å². The molecule has 3 aromatic rings. The van der Waals surface area contributed by atoms with Crippen LogP contribution in [-0.2, 0) is 11.3 Å². The Kier molecular flexibility index (Phi) is 5.44. The summed E-state index contributed by atoms with van der Waals surface area (Å²) in [5.41, 5.74) is 2.77. The van der Waals surface area contributed by atoms with Gasteiger partial charge in [0.15, 0.2) is 0 Å². The van der Waals surface area contributed by atoms with E-state index < -0.39 is 0 Å². The number of carbonyl (C=O) groups excluding carboxylic acids is 3. The minimum Gasteiger partial charge on any atom is -0.356 e. The second-order valence-electron chi connectivity index (χ2n) is 6.83. The summed E-state index contributed by atoms with van der Waals surface area (Å²) in [4.78, 5) is 42.4. The summed E-state index contributed by atoms with van der Waals surface area (Å²) in [5.74, 6) is -0.887. The van der Waals surface area contributed by atoms with Gasteiger partial charge in [-0.05, 0) is 36.8 Å². The van der Waals surface area contributed by atoms with Crippen LogP contribution in [0.1, 0.15) is 33.6 Å². The van der Waals surface area contributed by atoms with Crippen molar-refractivity contribution in [1.82, 2.24) is 19.8 Å². The van der Waals surface area contributed by atoms with Gasteiger partial charge in [-0.25, -0.2) is 4.98 Å². The molecule has 7 nitrogen and oxygen atoms in total. The molecule has 8 heteroatoms. The molecular weight excluding hydrogens is 436 g/mol. The number of fused-ring (bicyclic) bond motifs is 2. The van der Waals surface area contributed by atoms with Gasteiger partial charge < -0.3 is 9.88 Å². The van der Waals surface area contributed by atoms with Gasteiger partial charge >= 0.3 is 0 Å². The molecule has 1 aromatic heterocycles. The summed E-state index contributed by atoms with van der Waals surface area (Å²) in [6.45, 7) is 1.33. The average molecular weight is 455 g/mol. The van der Waals surface area contributed by atoms with Gasteiger partial charge in [0.1, 0.15) is 0 Å². The number of hydrogen-bond acceptors (Lipinski definition) is 4. The fourth-order valence-corrected chi connectivity index (χ4v) is 3.79. The highest BCUT2D eigenvalue weighted by atomic mass is 79.9. The van der Waals surface area contributed by atoms with Crippen LogP contribution in [0.25, 0.3) is 11.0 Å². The van der Waals surface area contributed by atoms with Crippen molar-refractivity contribution < 1.29 is 14.4 Å². The Labute approximate surface area is 175 Å². The Morgan fingerprint density at radius 3 is 2.69 bits per heavy atom.